The van der Waals surface area contributed by atoms with Gasteiger partial charge in [0.2, 0.25) is 0 Å². The van der Waals surface area contributed by atoms with E-state index in [0.717, 1.165) is 17.0 Å². The number of hydrogen-bond acceptors (Lipinski definition) is 3. The summed E-state index contributed by atoms with van der Waals surface area (Å²) in [4.78, 5) is 26.3. The molecule has 2 N–H and O–H groups in total. The van der Waals surface area contributed by atoms with Gasteiger partial charge in [-0.25, -0.2) is 8.78 Å². The van der Waals surface area contributed by atoms with Gasteiger partial charge in [-0.1, -0.05) is 0 Å². The van der Waals surface area contributed by atoms with Gasteiger partial charge in [-0.2, -0.15) is 8.78 Å². The number of carbonyl (C=O) groups excluding carboxylic acids is 2. The minimum atomic E-state index is -4.22. The van der Waals surface area contributed by atoms with E-state index in [1.54, 1.807) is 0 Å². The molecule has 0 aliphatic carbocycles. The fourth-order valence-corrected chi connectivity index (χ4v) is 4.58. The first-order chi connectivity index (χ1) is 15.1. The number of nitrogens with zero attached hydrogens (tertiary/aromatic N) is 1. The van der Waals surface area contributed by atoms with Crippen molar-refractivity contribution < 1.29 is 32.3 Å². The highest BCUT2D eigenvalue weighted by atomic mass is 19.3. The zero-order valence-corrected chi connectivity index (χ0v) is 17.2. The first-order valence-electron chi connectivity index (χ1n) is 10.4. The van der Waals surface area contributed by atoms with E-state index in [-0.39, 0.29) is 23.2 Å². The maximum absolute atomic E-state index is 15.2. The highest BCUT2D eigenvalue weighted by Crippen LogP contribution is 2.41. The highest BCUT2D eigenvalue weighted by Gasteiger charge is 2.54. The second-order valence-corrected chi connectivity index (χ2v) is 8.35. The standard InChI is InChI=1S/C23H22F4N2O3/c1-12-9-14(6-8-17(12)24)28-21(31)13-5-7-18(25)16(10-13)23(26,27)22(32)29-15-3-2-4-19(29)20(30)11-15/h5-10,15,19-20,30H,2-4,11H2,1H3,(H,28,31)/t15-,19+,20-/m1/s1. The number of halogens is 4. The number of aliphatic hydroxyl groups excluding tert-OH is 1. The molecule has 3 atom stereocenters. The smallest absolute Gasteiger partial charge is 0.352 e. The number of benzene rings is 2. The Morgan fingerprint density at radius 3 is 2.50 bits per heavy atom. The third kappa shape index (κ3) is 3.85. The van der Waals surface area contributed by atoms with E-state index in [9.17, 15) is 23.5 Å². The van der Waals surface area contributed by atoms with Crippen LogP contribution >= 0.6 is 0 Å². The molecule has 5 nitrogen and oxygen atoms in total. The Balaban J connectivity index is 1.60. The normalized spacial score (nSPS) is 22.7. The Bertz CT molecular complexity index is 1080. The third-order valence-electron chi connectivity index (χ3n) is 6.23. The molecule has 2 bridgehead atoms. The van der Waals surface area contributed by atoms with Crippen LogP contribution in [0.5, 0.6) is 0 Å². The monoisotopic (exact) mass is 450 g/mol. The lowest BCUT2D eigenvalue weighted by Crippen LogP contribution is -2.51. The molecule has 2 aliphatic rings. The van der Waals surface area contributed by atoms with Crippen molar-refractivity contribution >= 4 is 17.5 Å². The van der Waals surface area contributed by atoms with Crippen molar-refractivity contribution in [3.63, 3.8) is 0 Å². The van der Waals surface area contributed by atoms with E-state index in [1.807, 2.05) is 0 Å². The summed E-state index contributed by atoms with van der Waals surface area (Å²) in [5.74, 6) is -8.39. The van der Waals surface area contributed by atoms with Crippen LogP contribution in [0, 0.1) is 18.6 Å². The van der Waals surface area contributed by atoms with Crippen LogP contribution in [0.3, 0.4) is 0 Å². The second-order valence-electron chi connectivity index (χ2n) is 8.35. The van der Waals surface area contributed by atoms with Crippen molar-refractivity contribution in [2.24, 2.45) is 0 Å². The van der Waals surface area contributed by atoms with E-state index >= 15 is 8.78 Å². The van der Waals surface area contributed by atoms with E-state index < -0.39 is 53.1 Å². The number of aliphatic hydroxyl groups is 1. The van der Waals surface area contributed by atoms with Crippen LogP contribution in [0.15, 0.2) is 36.4 Å². The fourth-order valence-electron chi connectivity index (χ4n) is 4.58. The average Bonchev–Trinajstić information content (AvgIpc) is 2.93. The fraction of sp³-hybridized carbons (Fsp3) is 0.391. The number of amides is 2. The van der Waals surface area contributed by atoms with Crippen molar-refractivity contribution in [3.05, 3.63) is 64.7 Å². The predicted molar refractivity (Wildman–Crippen MR) is 108 cm³/mol. The molecule has 2 amide bonds. The van der Waals surface area contributed by atoms with E-state index in [0.29, 0.717) is 31.4 Å². The lowest BCUT2D eigenvalue weighted by molar-refractivity contribution is -0.165. The first kappa shape index (κ1) is 22.3. The molecule has 0 saturated carbocycles. The molecule has 4 rings (SSSR count). The number of fused-ring (bicyclic) bond motifs is 2. The Labute approximate surface area is 182 Å². The van der Waals surface area contributed by atoms with Gasteiger partial charge in [0, 0.05) is 17.3 Å². The number of alkyl halides is 2. The summed E-state index contributed by atoms with van der Waals surface area (Å²) >= 11 is 0. The van der Waals surface area contributed by atoms with E-state index in [1.165, 1.54) is 19.1 Å². The van der Waals surface area contributed by atoms with Crippen LogP contribution in [-0.4, -0.2) is 40.0 Å². The summed E-state index contributed by atoms with van der Waals surface area (Å²) in [5.41, 5.74) is -0.970. The number of nitrogens with one attached hydrogen (secondary N) is 1. The number of rotatable bonds is 4. The van der Waals surface area contributed by atoms with Crippen molar-refractivity contribution in [2.45, 2.75) is 56.7 Å². The summed E-state index contributed by atoms with van der Waals surface area (Å²) in [6.07, 6.45) is 0.950. The van der Waals surface area contributed by atoms with Gasteiger partial charge in [0.25, 0.3) is 11.8 Å². The summed E-state index contributed by atoms with van der Waals surface area (Å²) in [7, 11) is 0. The van der Waals surface area contributed by atoms with Crippen molar-refractivity contribution in [1.82, 2.24) is 4.90 Å². The van der Waals surface area contributed by atoms with Crippen molar-refractivity contribution in [2.75, 3.05) is 5.32 Å². The molecule has 2 heterocycles. The third-order valence-corrected chi connectivity index (χ3v) is 6.23. The number of aryl methyl sites for hydroxylation is 1. The lowest BCUT2D eigenvalue weighted by atomic mass is 9.98. The van der Waals surface area contributed by atoms with Gasteiger partial charge in [0.15, 0.2) is 0 Å². The Morgan fingerprint density at radius 2 is 1.81 bits per heavy atom. The first-order valence-corrected chi connectivity index (χ1v) is 10.4. The molecule has 9 heteroatoms. The summed E-state index contributed by atoms with van der Waals surface area (Å²) in [6, 6.07) is 4.98. The number of carbonyl (C=O) groups is 2. The Morgan fingerprint density at radius 1 is 1.09 bits per heavy atom. The molecule has 0 aromatic heterocycles. The van der Waals surface area contributed by atoms with E-state index in [4.69, 9.17) is 0 Å². The minimum absolute atomic E-state index is 0.217. The van der Waals surface area contributed by atoms with Gasteiger partial charge in [-0.3, -0.25) is 9.59 Å². The Hall–Kier alpha value is -2.94. The van der Waals surface area contributed by atoms with Crippen LogP contribution in [0.4, 0.5) is 23.2 Å². The molecule has 2 aromatic carbocycles. The van der Waals surface area contributed by atoms with Gasteiger partial charge >= 0.3 is 5.92 Å². The molecule has 2 saturated heterocycles. The van der Waals surface area contributed by atoms with Crippen LogP contribution < -0.4 is 5.32 Å². The zero-order chi connectivity index (χ0) is 23.2. The molecule has 170 valence electrons. The summed E-state index contributed by atoms with van der Waals surface area (Å²) in [5, 5.41) is 12.6. The van der Waals surface area contributed by atoms with E-state index in [2.05, 4.69) is 5.32 Å². The van der Waals surface area contributed by atoms with Crippen molar-refractivity contribution in [1.29, 1.82) is 0 Å². The van der Waals surface area contributed by atoms with Gasteiger partial charge in [0.1, 0.15) is 11.6 Å². The molecule has 2 aromatic rings. The predicted octanol–water partition coefficient (Wildman–Crippen LogP) is 4.13. The van der Waals surface area contributed by atoms with Gasteiger partial charge in [-0.15, -0.1) is 0 Å². The van der Waals surface area contributed by atoms with Gasteiger partial charge < -0.3 is 15.3 Å². The average molecular weight is 450 g/mol. The largest absolute Gasteiger partial charge is 0.391 e. The Kier molecular flexibility index (Phi) is 5.70. The summed E-state index contributed by atoms with van der Waals surface area (Å²) in [6.45, 7) is 1.50. The summed E-state index contributed by atoms with van der Waals surface area (Å²) < 4.78 is 58.2. The SMILES string of the molecule is Cc1cc(NC(=O)c2ccc(F)c(C(F)(F)C(=O)N3[C@@H]4CCC[C@H]3[C@H](O)C4)c2)ccc1F. The zero-order valence-electron chi connectivity index (χ0n) is 17.2. The molecule has 2 fully saturated rings. The number of hydrogen-bond donors (Lipinski definition) is 2. The molecule has 0 spiro atoms. The molecule has 0 radical (unpaired) electrons. The van der Waals surface area contributed by atoms with Gasteiger partial charge in [-0.05, 0) is 74.6 Å². The molecular weight excluding hydrogens is 428 g/mol. The highest BCUT2D eigenvalue weighted by molar-refractivity contribution is 6.04. The van der Waals surface area contributed by atoms with Crippen LogP contribution in [0.1, 0.15) is 47.2 Å². The molecular formula is C23H22F4N2O3. The topological polar surface area (TPSA) is 69.6 Å². The number of piperidine rings is 1. The maximum atomic E-state index is 15.2. The maximum Gasteiger partial charge on any atom is 0.352 e. The van der Waals surface area contributed by atoms with Crippen LogP contribution in [-0.2, 0) is 10.7 Å². The minimum Gasteiger partial charge on any atom is -0.391 e. The van der Waals surface area contributed by atoms with Crippen molar-refractivity contribution in [3.8, 4) is 0 Å². The van der Waals surface area contributed by atoms with Gasteiger partial charge in [0.05, 0.1) is 17.7 Å². The molecule has 2 aliphatic heterocycles. The second kappa shape index (κ2) is 8.20. The molecule has 32 heavy (non-hydrogen) atoms. The van der Waals surface area contributed by atoms with Crippen LogP contribution in [0.2, 0.25) is 0 Å². The lowest BCUT2D eigenvalue weighted by Gasteiger charge is -2.37. The quantitative estimate of drug-likeness (QED) is 0.689. The molecule has 0 unspecified atom stereocenters. The van der Waals surface area contributed by atoms with Crippen LogP contribution in [0.25, 0.3) is 0 Å². The number of anilines is 1.